The van der Waals surface area contributed by atoms with Crippen LogP contribution in [0.3, 0.4) is 0 Å². The van der Waals surface area contributed by atoms with Gasteiger partial charge in [-0.05, 0) is 36.1 Å². The van der Waals surface area contributed by atoms with Crippen LogP contribution in [0.2, 0.25) is 5.02 Å². The summed E-state index contributed by atoms with van der Waals surface area (Å²) in [6, 6.07) is 7.21. The lowest BCUT2D eigenvalue weighted by Crippen LogP contribution is -2.39. The van der Waals surface area contributed by atoms with Gasteiger partial charge in [-0.1, -0.05) is 23.4 Å². The van der Waals surface area contributed by atoms with E-state index in [1.165, 1.54) is 18.1 Å². The largest absolute Gasteiger partial charge is 0.386 e. The molecule has 2 fully saturated rings. The third-order valence-electron chi connectivity index (χ3n) is 4.72. The predicted molar refractivity (Wildman–Crippen MR) is 113 cm³/mol. The number of nitrogens with zero attached hydrogens (tertiary/aromatic N) is 4. The number of aromatic nitrogens is 4. The molecule has 0 amide bonds. The molecule has 158 valence electrons. The smallest absolute Gasteiger partial charge is 0.325 e. The molecule has 30 heavy (non-hydrogen) atoms. The fourth-order valence-electron chi connectivity index (χ4n) is 3.36. The first-order valence-electron chi connectivity index (χ1n) is 8.73. The number of fused-ring (bicyclic) bond motifs is 2. The SMILES string of the molecule is Nc1ncnc2c1nc(Sc1ccc(Cl)cc1)n2[C@@H]1O[C@@H]2COP(O)(=S)O[C@H]2[C@H]1O. The summed E-state index contributed by atoms with van der Waals surface area (Å²) < 4.78 is 18.2. The summed E-state index contributed by atoms with van der Waals surface area (Å²) in [7, 11) is 0. The Bertz CT molecular complexity index is 1160. The molecule has 0 saturated carbocycles. The fourth-order valence-corrected chi connectivity index (χ4v) is 5.84. The first-order valence-corrected chi connectivity index (χ1v) is 12.5. The Morgan fingerprint density at radius 2 is 2.07 bits per heavy atom. The summed E-state index contributed by atoms with van der Waals surface area (Å²) in [5.74, 6) is 0.201. The van der Waals surface area contributed by atoms with Crippen molar-refractivity contribution in [1.82, 2.24) is 19.5 Å². The van der Waals surface area contributed by atoms with Gasteiger partial charge in [-0.3, -0.25) is 9.09 Å². The minimum atomic E-state index is -3.42. The van der Waals surface area contributed by atoms with Gasteiger partial charge in [-0.15, -0.1) is 0 Å². The molecule has 2 saturated heterocycles. The lowest BCUT2D eigenvalue weighted by Gasteiger charge is -2.30. The van der Waals surface area contributed by atoms with E-state index in [0.717, 1.165) is 4.90 Å². The molecule has 1 aromatic carbocycles. The van der Waals surface area contributed by atoms with E-state index in [1.54, 1.807) is 16.7 Å². The van der Waals surface area contributed by atoms with Crippen LogP contribution in [0.15, 0.2) is 40.6 Å². The third kappa shape index (κ3) is 3.62. The number of halogens is 1. The Balaban J connectivity index is 1.58. The second kappa shape index (κ2) is 7.66. The van der Waals surface area contributed by atoms with Crippen LogP contribution >= 0.6 is 30.1 Å². The van der Waals surface area contributed by atoms with Gasteiger partial charge >= 0.3 is 6.72 Å². The lowest BCUT2D eigenvalue weighted by atomic mass is 10.1. The number of nitrogens with two attached hydrogens (primary N) is 1. The molecule has 0 radical (unpaired) electrons. The zero-order chi connectivity index (χ0) is 21.0. The van der Waals surface area contributed by atoms with Crippen LogP contribution in [0.25, 0.3) is 11.2 Å². The number of imidazole rings is 1. The fraction of sp³-hybridized carbons (Fsp3) is 0.312. The Hall–Kier alpha value is -1.34. The molecule has 0 aliphatic carbocycles. The number of aliphatic hydroxyl groups is 1. The normalized spacial score (nSPS) is 31.2. The van der Waals surface area contributed by atoms with Crippen molar-refractivity contribution in [2.75, 3.05) is 12.3 Å². The second-order valence-electron chi connectivity index (χ2n) is 6.64. The van der Waals surface area contributed by atoms with E-state index >= 15 is 0 Å². The summed E-state index contributed by atoms with van der Waals surface area (Å²) in [5, 5.41) is 12.0. The number of anilines is 1. The first kappa shape index (κ1) is 20.6. The van der Waals surface area contributed by atoms with Gasteiger partial charge in [0.2, 0.25) is 0 Å². The summed E-state index contributed by atoms with van der Waals surface area (Å²) in [4.78, 5) is 23.7. The Labute approximate surface area is 184 Å². The predicted octanol–water partition coefficient (Wildman–Crippen LogP) is 2.10. The first-order chi connectivity index (χ1) is 14.3. The highest BCUT2D eigenvalue weighted by Crippen LogP contribution is 2.53. The van der Waals surface area contributed by atoms with Crippen molar-refractivity contribution in [3.05, 3.63) is 35.6 Å². The Morgan fingerprint density at radius 3 is 2.83 bits per heavy atom. The van der Waals surface area contributed by atoms with Gasteiger partial charge in [0.05, 0.1) is 6.61 Å². The van der Waals surface area contributed by atoms with Crippen LogP contribution in [0.4, 0.5) is 5.82 Å². The van der Waals surface area contributed by atoms with Crippen LogP contribution < -0.4 is 5.73 Å². The van der Waals surface area contributed by atoms with Crippen LogP contribution in [0.5, 0.6) is 0 Å². The van der Waals surface area contributed by atoms with Crippen LogP contribution in [0, 0.1) is 0 Å². The number of hydrogen-bond donors (Lipinski definition) is 3. The number of benzene rings is 1. The van der Waals surface area contributed by atoms with Crippen molar-refractivity contribution in [1.29, 1.82) is 0 Å². The van der Waals surface area contributed by atoms with Crippen molar-refractivity contribution >= 4 is 58.9 Å². The molecule has 1 unspecified atom stereocenters. The maximum Gasteiger partial charge on any atom is 0.325 e. The van der Waals surface area contributed by atoms with Gasteiger partial charge in [-0.25, -0.2) is 15.0 Å². The highest BCUT2D eigenvalue weighted by atomic mass is 35.5. The topological polar surface area (TPSA) is 138 Å². The van der Waals surface area contributed by atoms with Gasteiger partial charge in [0.1, 0.15) is 24.6 Å². The molecule has 5 atom stereocenters. The van der Waals surface area contributed by atoms with Gasteiger partial charge in [-0.2, -0.15) is 0 Å². The van der Waals surface area contributed by atoms with E-state index in [2.05, 4.69) is 15.0 Å². The van der Waals surface area contributed by atoms with Crippen molar-refractivity contribution in [2.24, 2.45) is 0 Å². The third-order valence-corrected chi connectivity index (χ3v) is 7.51. The number of hydrogen-bond acceptors (Lipinski definition) is 10. The molecule has 3 aromatic rings. The lowest BCUT2D eigenvalue weighted by molar-refractivity contribution is -0.0619. The molecular formula is C16H15ClN5O5PS2. The molecule has 0 spiro atoms. The van der Waals surface area contributed by atoms with E-state index in [0.29, 0.717) is 21.3 Å². The monoisotopic (exact) mass is 487 g/mol. The molecule has 0 bridgehead atoms. The maximum atomic E-state index is 10.9. The summed E-state index contributed by atoms with van der Waals surface area (Å²) in [6.45, 7) is -3.41. The molecule has 2 aliphatic rings. The van der Waals surface area contributed by atoms with Gasteiger partial charge in [0.25, 0.3) is 0 Å². The molecule has 4 N–H and O–H groups in total. The zero-order valence-electron chi connectivity index (χ0n) is 15.0. The van der Waals surface area contributed by atoms with Gasteiger partial charge in [0, 0.05) is 9.92 Å². The summed E-state index contributed by atoms with van der Waals surface area (Å²) >= 11 is 12.2. The van der Waals surface area contributed by atoms with Gasteiger partial charge in [0.15, 0.2) is 28.4 Å². The van der Waals surface area contributed by atoms with E-state index in [4.69, 9.17) is 42.9 Å². The average Bonchev–Trinajstić information content (AvgIpc) is 3.21. The van der Waals surface area contributed by atoms with Crippen molar-refractivity contribution in [3.8, 4) is 0 Å². The highest BCUT2D eigenvalue weighted by molar-refractivity contribution is 8.07. The van der Waals surface area contributed by atoms with Gasteiger partial charge < -0.3 is 25.0 Å². The average molecular weight is 488 g/mol. The van der Waals surface area contributed by atoms with Crippen LogP contribution in [-0.4, -0.2) is 54.4 Å². The minimum Gasteiger partial charge on any atom is -0.386 e. The van der Waals surface area contributed by atoms with Crippen molar-refractivity contribution in [2.45, 2.75) is 34.6 Å². The van der Waals surface area contributed by atoms with Crippen LogP contribution in [-0.2, 0) is 25.6 Å². The Kier molecular flexibility index (Phi) is 5.25. The highest BCUT2D eigenvalue weighted by Gasteiger charge is 2.51. The molecule has 10 nitrogen and oxygen atoms in total. The van der Waals surface area contributed by atoms with E-state index in [-0.39, 0.29) is 12.4 Å². The summed E-state index contributed by atoms with van der Waals surface area (Å²) in [5.41, 5.74) is 6.77. The maximum absolute atomic E-state index is 10.9. The number of ether oxygens (including phenoxy) is 1. The molecule has 4 heterocycles. The van der Waals surface area contributed by atoms with Crippen molar-refractivity contribution in [3.63, 3.8) is 0 Å². The van der Waals surface area contributed by atoms with E-state index < -0.39 is 31.3 Å². The Morgan fingerprint density at radius 1 is 1.30 bits per heavy atom. The second-order valence-corrected chi connectivity index (χ2v) is 10.9. The van der Waals surface area contributed by atoms with E-state index in [1.807, 2.05) is 12.1 Å². The molecule has 2 aromatic heterocycles. The number of aliphatic hydroxyl groups excluding tert-OH is 1. The van der Waals surface area contributed by atoms with E-state index in [9.17, 15) is 10.00 Å². The molecular weight excluding hydrogens is 473 g/mol. The number of nitrogen functional groups attached to an aromatic ring is 1. The van der Waals surface area contributed by atoms with Crippen LogP contribution in [0.1, 0.15) is 6.23 Å². The summed E-state index contributed by atoms with van der Waals surface area (Å²) in [6.07, 6.45) is -2.20. The molecule has 14 heteroatoms. The molecule has 5 rings (SSSR count). The zero-order valence-corrected chi connectivity index (χ0v) is 18.3. The standard InChI is InChI=1S/C16H15ClN5O5PS2/c17-7-1-3-8(4-2-7)30-16-21-10-13(18)19-6-20-14(10)22(16)15-11(23)12-9(26-15)5-25-28(24,29)27-12/h1-4,6,9,11-12,15,23H,5H2,(H,24,29)(H2,18,19,20)/t9-,11-,12-,15-,28?/m1/s1. The van der Waals surface area contributed by atoms with Crippen molar-refractivity contribution < 1.29 is 23.8 Å². The number of rotatable bonds is 3. The molecule has 2 aliphatic heterocycles. The minimum absolute atomic E-state index is 0.00934. The quantitative estimate of drug-likeness (QED) is 0.468.